The molecule has 0 atom stereocenters. The van der Waals surface area contributed by atoms with Gasteiger partial charge in [0.2, 0.25) is 0 Å². The van der Waals surface area contributed by atoms with Crippen LogP contribution in [0.3, 0.4) is 0 Å². The van der Waals surface area contributed by atoms with Crippen LogP contribution in [0.4, 0.5) is 13.2 Å². The highest BCUT2D eigenvalue weighted by Crippen LogP contribution is 2.24. The van der Waals surface area contributed by atoms with Crippen molar-refractivity contribution in [3.05, 3.63) is 11.9 Å². The maximum Gasteiger partial charge on any atom is 0.432 e. The average Bonchev–Trinajstić information content (AvgIpc) is 1.86. The molecule has 0 fully saturated rings. The molecule has 0 aliphatic carbocycles. The summed E-state index contributed by atoms with van der Waals surface area (Å²) in [5.41, 5.74) is -0.661. The van der Waals surface area contributed by atoms with Gasteiger partial charge in [-0.05, 0) is 0 Å². The topological polar surface area (TPSA) is 15.3 Å². The van der Waals surface area contributed by atoms with Crippen LogP contribution in [0.15, 0.2) is 11.9 Å². The Labute approximate surface area is 62.7 Å². The van der Waals surface area contributed by atoms with Crippen molar-refractivity contribution < 1.29 is 13.2 Å². The van der Waals surface area contributed by atoms with Gasteiger partial charge >= 0.3 is 6.18 Å². The van der Waals surface area contributed by atoms with Gasteiger partial charge in [0.15, 0.2) is 0 Å². The zero-order valence-corrected chi connectivity index (χ0v) is 6.07. The largest absolute Gasteiger partial charge is 0.432 e. The normalized spacial score (nSPS) is 19.3. The molecule has 1 rings (SSSR count). The van der Waals surface area contributed by atoms with Gasteiger partial charge < -0.3 is 10.2 Å². The molecule has 0 saturated carbocycles. The van der Waals surface area contributed by atoms with Crippen LogP contribution in [0.25, 0.3) is 0 Å². The molecule has 0 radical (unpaired) electrons. The van der Waals surface area contributed by atoms with E-state index in [1.54, 1.807) is 7.05 Å². The van der Waals surface area contributed by atoms with Gasteiger partial charge in [0.1, 0.15) is 5.70 Å². The van der Waals surface area contributed by atoms with E-state index in [4.69, 9.17) is 0 Å². The molecule has 0 amide bonds. The number of likely N-dealkylation sites (N-methyl/N-ethyl adjacent to an activating group) is 1. The summed E-state index contributed by atoms with van der Waals surface area (Å²) >= 11 is 0. The fourth-order valence-corrected chi connectivity index (χ4v) is 0.871. The highest BCUT2D eigenvalue weighted by molar-refractivity contribution is 5.08. The lowest BCUT2D eigenvalue weighted by atomic mass is 10.3. The second kappa shape index (κ2) is 2.64. The van der Waals surface area contributed by atoms with Gasteiger partial charge in [0, 0.05) is 26.3 Å². The van der Waals surface area contributed by atoms with Crippen LogP contribution < -0.4 is 5.32 Å². The predicted octanol–water partition coefficient (Wildman–Crippen LogP) is 0.925. The average molecular weight is 166 g/mol. The molecule has 64 valence electrons. The number of allylic oxidation sites excluding steroid dienone is 1. The van der Waals surface area contributed by atoms with E-state index in [-0.39, 0.29) is 0 Å². The van der Waals surface area contributed by atoms with Gasteiger partial charge in [-0.3, -0.25) is 0 Å². The van der Waals surface area contributed by atoms with Gasteiger partial charge in [-0.1, -0.05) is 0 Å². The first-order valence-corrected chi connectivity index (χ1v) is 3.23. The van der Waals surface area contributed by atoms with E-state index in [2.05, 4.69) is 5.32 Å². The Morgan fingerprint density at radius 3 is 2.55 bits per heavy atom. The zero-order valence-electron chi connectivity index (χ0n) is 6.07. The number of rotatable bonds is 0. The highest BCUT2D eigenvalue weighted by Gasteiger charge is 2.35. The van der Waals surface area contributed by atoms with Gasteiger partial charge in [-0.25, -0.2) is 0 Å². The van der Waals surface area contributed by atoms with E-state index in [0.29, 0.717) is 13.1 Å². The second-order valence-corrected chi connectivity index (χ2v) is 2.45. The first kappa shape index (κ1) is 8.23. The molecule has 1 N–H and O–H groups in total. The summed E-state index contributed by atoms with van der Waals surface area (Å²) in [7, 11) is 1.62. The van der Waals surface area contributed by atoms with Gasteiger partial charge in [-0.2, -0.15) is 13.2 Å². The van der Waals surface area contributed by atoms with E-state index < -0.39 is 11.9 Å². The Morgan fingerprint density at radius 2 is 2.18 bits per heavy atom. The summed E-state index contributed by atoms with van der Waals surface area (Å²) in [5, 5.41) is 2.28. The maximum atomic E-state index is 12.0. The van der Waals surface area contributed by atoms with Crippen LogP contribution in [-0.4, -0.2) is 31.2 Å². The highest BCUT2D eigenvalue weighted by atomic mass is 19.4. The van der Waals surface area contributed by atoms with E-state index in [1.165, 1.54) is 4.90 Å². The Kier molecular flexibility index (Phi) is 1.97. The predicted molar refractivity (Wildman–Crippen MR) is 34.8 cm³/mol. The number of halogens is 3. The molecular formula is C6H9F3N2. The first-order chi connectivity index (χ1) is 5.00. The molecule has 0 aromatic carbocycles. The van der Waals surface area contributed by atoms with Crippen LogP contribution in [0.2, 0.25) is 0 Å². The molecule has 0 bridgehead atoms. The van der Waals surface area contributed by atoms with Crippen molar-refractivity contribution in [3.8, 4) is 0 Å². The molecule has 1 aliphatic rings. The lowest BCUT2D eigenvalue weighted by molar-refractivity contribution is -0.0990. The Morgan fingerprint density at radius 1 is 1.55 bits per heavy atom. The van der Waals surface area contributed by atoms with Crippen LogP contribution in [0.5, 0.6) is 0 Å². The fourth-order valence-electron chi connectivity index (χ4n) is 0.871. The van der Waals surface area contributed by atoms with Crippen molar-refractivity contribution in [1.82, 2.24) is 10.2 Å². The molecule has 0 unspecified atom stereocenters. The minimum atomic E-state index is -4.24. The number of nitrogens with one attached hydrogen (secondary N) is 1. The maximum absolute atomic E-state index is 12.0. The standard InChI is InChI=1S/C6H9F3N2/c1-11-3-2-10-5(4-11)6(7,8)9/h4,10H,2-3H2,1H3. The molecule has 5 heteroatoms. The van der Waals surface area contributed by atoms with Crippen molar-refractivity contribution >= 4 is 0 Å². The molecule has 0 aromatic rings. The van der Waals surface area contributed by atoms with E-state index in [9.17, 15) is 13.2 Å². The van der Waals surface area contributed by atoms with Crippen LogP contribution in [-0.2, 0) is 0 Å². The molecule has 0 spiro atoms. The van der Waals surface area contributed by atoms with E-state index in [0.717, 1.165) is 6.20 Å². The Bertz CT molecular complexity index is 173. The smallest absolute Gasteiger partial charge is 0.378 e. The van der Waals surface area contributed by atoms with Crippen molar-refractivity contribution in [1.29, 1.82) is 0 Å². The summed E-state index contributed by atoms with van der Waals surface area (Å²) in [4.78, 5) is 1.51. The number of alkyl halides is 3. The van der Waals surface area contributed by atoms with Gasteiger partial charge in [0.25, 0.3) is 0 Å². The molecule has 0 saturated heterocycles. The summed E-state index contributed by atoms with van der Waals surface area (Å²) in [6.45, 7) is 0.960. The lowest BCUT2D eigenvalue weighted by Crippen LogP contribution is -2.38. The Balaban J connectivity index is 2.71. The second-order valence-electron chi connectivity index (χ2n) is 2.45. The third-order valence-electron chi connectivity index (χ3n) is 1.43. The molecule has 1 heterocycles. The van der Waals surface area contributed by atoms with E-state index in [1.807, 2.05) is 0 Å². The molecule has 1 aliphatic heterocycles. The molecule has 2 nitrogen and oxygen atoms in total. The third kappa shape index (κ3) is 2.03. The minimum absolute atomic E-state index is 0.349. The fraction of sp³-hybridized carbons (Fsp3) is 0.667. The number of nitrogens with zero attached hydrogens (tertiary/aromatic N) is 1. The molecule has 11 heavy (non-hydrogen) atoms. The summed E-state index contributed by atoms with van der Waals surface area (Å²) in [6.07, 6.45) is -3.17. The van der Waals surface area contributed by atoms with Crippen molar-refractivity contribution in [3.63, 3.8) is 0 Å². The Hall–Kier alpha value is -0.870. The van der Waals surface area contributed by atoms with Gasteiger partial charge in [0.05, 0.1) is 0 Å². The van der Waals surface area contributed by atoms with Crippen LogP contribution in [0, 0.1) is 0 Å². The van der Waals surface area contributed by atoms with E-state index >= 15 is 0 Å². The summed E-state index contributed by atoms with van der Waals surface area (Å²) in [5.74, 6) is 0. The minimum Gasteiger partial charge on any atom is -0.378 e. The van der Waals surface area contributed by atoms with Crippen molar-refractivity contribution in [2.45, 2.75) is 6.18 Å². The number of hydrogen-bond acceptors (Lipinski definition) is 2. The number of hydrogen-bond donors (Lipinski definition) is 1. The quantitative estimate of drug-likeness (QED) is 0.575. The van der Waals surface area contributed by atoms with Crippen LogP contribution in [0.1, 0.15) is 0 Å². The lowest BCUT2D eigenvalue weighted by Gasteiger charge is -2.25. The zero-order chi connectivity index (χ0) is 8.48. The van der Waals surface area contributed by atoms with Crippen molar-refractivity contribution in [2.24, 2.45) is 0 Å². The monoisotopic (exact) mass is 166 g/mol. The summed E-state index contributed by atoms with van der Waals surface area (Å²) < 4.78 is 35.9. The summed E-state index contributed by atoms with van der Waals surface area (Å²) in [6, 6.07) is 0. The van der Waals surface area contributed by atoms with Gasteiger partial charge in [-0.15, -0.1) is 0 Å². The SMILES string of the molecule is CN1C=C(C(F)(F)F)NCC1. The van der Waals surface area contributed by atoms with Crippen molar-refractivity contribution in [2.75, 3.05) is 20.1 Å². The first-order valence-electron chi connectivity index (χ1n) is 3.23. The third-order valence-corrected chi connectivity index (χ3v) is 1.43. The molecular weight excluding hydrogens is 157 g/mol. The molecule has 0 aromatic heterocycles. The van der Waals surface area contributed by atoms with Crippen LogP contribution >= 0.6 is 0 Å².